The molecule has 0 radical (unpaired) electrons. The van der Waals surface area contributed by atoms with E-state index >= 15 is 0 Å². The molecule has 6 aromatic rings. The Morgan fingerprint density at radius 2 is 0.956 bits per heavy atom. The molecule has 10 rings (SSSR count). The fourth-order valence-electron chi connectivity index (χ4n) is 13.4. The second-order valence-corrected chi connectivity index (χ2v) is 31.6. The van der Waals surface area contributed by atoms with E-state index in [9.17, 15) is 76.5 Å². The summed E-state index contributed by atoms with van der Waals surface area (Å²) in [6.07, 6.45) is 5.41. The summed E-state index contributed by atoms with van der Waals surface area (Å²) in [5, 5.41) is 46.0. The molecule has 10 N–H and O–H groups in total. The predicted octanol–water partition coefficient (Wildman–Crippen LogP) is 9.72. The standard InChI is InChI=1S/C40H50FN5O8S.C22H20FN3O4.C18H32N2O5S.2CH4/c1-7-40(53)29-15-32-35-27(18-46(32)38(51)28(29)19-54-39(40)52)26(25-13-22(4)30(41)16-31(25)45-35)17-42-34(48)11-9-8-10-12-55-20-43-37(50)23(5)14-33(47)24(6)44-36(49)21(2)3;1-3-22(29)15-5-18-19-13(8-26(18)20(27)14(15)9-30-21(22)28)12(7-24)11-4-10(2)16(23)6-17(11)25-19;1-12(2)17(24)20-14(4)15(21)10-13(3)18(25)19-11-26-9-7-5-6-8-16(22)23;;/h13,15-16,21,23-24,53H,7-12,14,17-20H2,1-6H3,(H,42,48)(H,43,50)(H,44,49);4-6,29H,3,7-9,24H2,1-2H3;12-14H,5-11H2,1-4H3,(H,19,25)(H,20,24)(H,22,23);2*1H4/t23-,24+,40+;22-;13-,14+;;/m101../s1. The number of thioether (sulfide) groups is 2. The van der Waals surface area contributed by atoms with Gasteiger partial charge in [-0.2, -0.15) is 0 Å². The van der Waals surface area contributed by atoms with Gasteiger partial charge in [-0.15, -0.1) is 23.5 Å². The van der Waals surface area contributed by atoms with Crippen molar-refractivity contribution in [2.45, 2.75) is 238 Å². The minimum absolute atomic E-state index is 0. The third kappa shape index (κ3) is 21.6. The first-order chi connectivity index (χ1) is 52.5. The number of Topliss-reactive ketones (excluding diaryl/α,β-unsaturated/α-hetero) is 2. The second kappa shape index (κ2) is 40.6. The van der Waals surface area contributed by atoms with Crippen molar-refractivity contribution in [1.82, 2.24) is 45.7 Å². The Kier molecular flexibility index (Phi) is 33.3. The number of carbonyl (C=O) groups excluding carboxylic acids is 9. The zero-order chi connectivity index (χ0) is 81.7. The van der Waals surface area contributed by atoms with E-state index in [2.05, 4.69) is 31.6 Å². The summed E-state index contributed by atoms with van der Waals surface area (Å²) < 4.78 is 42.3. The van der Waals surface area contributed by atoms with Crippen LogP contribution in [-0.4, -0.2) is 129 Å². The van der Waals surface area contributed by atoms with Gasteiger partial charge in [-0.05, 0) is 124 Å². The maximum Gasteiger partial charge on any atom is 0.343 e. The summed E-state index contributed by atoms with van der Waals surface area (Å²) in [6, 6.07) is 8.10. The monoisotopic (exact) mass is 1610 g/mol. The maximum atomic E-state index is 14.8. The number of benzene rings is 2. The van der Waals surface area contributed by atoms with Crippen LogP contribution in [0.3, 0.4) is 0 Å². The lowest BCUT2D eigenvalue weighted by atomic mass is 9.86. The van der Waals surface area contributed by atoms with Crippen LogP contribution in [-0.2, 0) is 108 Å². The van der Waals surface area contributed by atoms with Crippen molar-refractivity contribution in [3.8, 4) is 22.8 Å². The number of aryl methyl sites for hydroxylation is 2. The number of carboxylic acids is 1. The normalized spacial score (nSPS) is 16.4. The minimum Gasteiger partial charge on any atom is -0.481 e. The van der Waals surface area contributed by atoms with Crippen molar-refractivity contribution in [3.63, 3.8) is 0 Å². The number of aliphatic carboxylic acids is 1. The van der Waals surface area contributed by atoms with Crippen molar-refractivity contribution in [2.24, 2.45) is 29.4 Å². The molecule has 8 heterocycles. The van der Waals surface area contributed by atoms with Crippen LogP contribution < -0.4 is 43.4 Å². The van der Waals surface area contributed by atoms with Gasteiger partial charge in [0.1, 0.15) is 24.8 Å². The number of aliphatic hydroxyl groups is 2. The highest BCUT2D eigenvalue weighted by Gasteiger charge is 2.47. The number of aromatic nitrogens is 4. The molecule has 0 spiro atoms. The van der Waals surface area contributed by atoms with Crippen molar-refractivity contribution in [1.29, 1.82) is 0 Å². The van der Waals surface area contributed by atoms with E-state index in [-0.39, 0.29) is 179 Å². The number of cyclic esters (lactones) is 2. The molecule has 4 aromatic heterocycles. The van der Waals surface area contributed by atoms with E-state index in [1.54, 1.807) is 135 Å². The fraction of sp³-hybridized carbons (Fsp3) is 0.537. The number of rotatable bonds is 33. The summed E-state index contributed by atoms with van der Waals surface area (Å²) in [4.78, 5) is 157. The largest absolute Gasteiger partial charge is 0.481 e. The van der Waals surface area contributed by atoms with Crippen molar-refractivity contribution >= 4 is 104 Å². The molecule has 6 atom stereocenters. The van der Waals surface area contributed by atoms with E-state index < -0.39 is 64.4 Å². The molecule has 616 valence electrons. The number of hydrogen-bond donors (Lipinski definition) is 9. The number of carbonyl (C=O) groups is 10. The molecule has 4 aliphatic rings. The Morgan fingerprint density at radius 1 is 0.558 bits per heavy atom. The lowest BCUT2D eigenvalue weighted by Gasteiger charge is -2.31. The Morgan fingerprint density at radius 3 is 1.35 bits per heavy atom. The number of ether oxygens (including phenoxy) is 2. The Balaban J connectivity index is 0.000000289. The number of hydrogen-bond acceptors (Lipinski definition) is 21. The van der Waals surface area contributed by atoms with Crippen molar-refractivity contribution in [3.05, 3.63) is 124 Å². The van der Waals surface area contributed by atoms with Crippen LogP contribution in [0.15, 0.2) is 46.0 Å². The lowest BCUT2D eigenvalue weighted by Crippen LogP contribution is -2.44. The number of esters is 2. The maximum absolute atomic E-state index is 14.8. The Hall–Kier alpha value is -9.30. The molecule has 31 heteroatoms. The summed E-state index contributed by atoms with van der Waals surface area (Å²) in [6.45, 7) is 20.5. The van der Waals surface area contributed by atoms with Crippen molar-refractivity contribution < 1.29 is 81.5 Å². The summed E-state index contributed by atoms with van der Waals surface area (Å²) in [5.41, 5.74) is 8.84. The van der Waals surface area contributed by atoms with E-state index in [1.807, 2.05) is 0 Å². The quantitative estimate of drug-likeness (QED) is 0.0105. The van der Waals surface area contributed by atoms with Gasteiger partial charge in [0.2, 0.25) is 29.5 Å². The fourth-order valence-corrected chi connectivity index (χ4v) is 15.0. The molecule has 113 heavy (non-hydrogen) atoms. The average Bonchev–Trinajstić information content (AvgIpc) is 1.59. The highest BCUT2D eigenvalue weighted by Crippen LogP contribution is 2.43. The molecule has 0 aliphatic carbocycles. The first kappa shape index (κ1) is 92.6. The molecule has 5 amide bonds. The van der Waals surface area contributed by atoms with Crippen LogP contribution in [0.2, 0.25) is 0 Å². The van der Waals surface area contributed by atoms with Crippen molar-refractivity contribution in [2.75, 3.05) is 23.3 Å². The average molecular weight is 1610 g/mol. The van der Waals surface area contributed by atoms with E-state index in [0.29, 0.717) is 86.0 Å². The molecule has 27 nitrogen and oxygen atoms in total. The predicted molar refractivity (Wildman–Crippen MR) is 430 cm³/mol. The number of halogens is 2. The highest BCUT2D eigenvalue weighted by atomic mass is 32.2. The number of nitrogens with two attached hydrogens (primary N) is 1. The Bertz CT molecular complexity index is 4740. The summed E-state index contributed by atoms with van der Waals surface area (Å²) >= 11 is 3.13. The van der Waals surface area contributed by atoms with Crippen LogP contribution in [0.5, 0.6) is 0 Å². The summed E-state index contributed by atoms with van der Waals surface area (Å²) in [7, 11) is 0. The number of ketones is 2. The molecule has 0 unspecified atom stereocenters. The van der Waals surface area contributed by atoms with E-state index in [1.165, 1.54) is 16.7 Å². The zero-order valence-corrected chi connectivity index (χ0v) is 66.6. The molecular formula is C82H110F2N10O17S2. The number of carboxylic acid groups (broad SMARTS) is 1. The van der Waals surface area contributed by atoms with Gasteiger partial charge in [-0.1, -0.05) is 83.1 Å². The number of amides is 5. The smallest absolute Gasteiger partial charge is 0.343 e. The number of pyridine rings is 4. The molecule has 2 aromatic carbocycles. The first-order valence-corrected chi connectivity index (χ1v) is 40.0. The molecule has 0 saturated heterocycles. The van der Waals surface area contributed by atoms with Gasteiger partial charge in [0.05, 0.1) is 81.9 Å². The summed E-state index contributed by atoms with van der Waals surface area (Å²) in [5.74, 6) is -3.38. The van der Waals surface area contributed by atoms with Crippen LogP contribution in [0.4, 0.5) is 8.78 Å². The van der Waals surface area contributed by atoms with Gasteiger partial charge in [0.25, 0.3) is 11.1 Å². The SMILES string of the molecule is C.C.CC(C)C(=O)N[C@@H](C)C(=O)C[C@@H](C)C(=O)NCSCCCCCC(=O)O.CC[C@@]1(O)C(=O)OCc2c1cc1n(c2=O)Cc2c-1nc1cc(F)c(C)cc1c2CN.CC[C@@]1(O)C(=O)OCc2c1cc1n(c2=O)Cc2c-1nc1cc(F)c(C)cc1c2CNC(=O)CCCCCSCNC(=O)[C@H](C)CC(=O)[C@H](C)NC(=O)C(C)C. The third-order valence-electron chi connectivity index (χ3n) is 20.5. The van der Waals surface area contributed by atoms with Gasteiger partial charge in [0, 0.05) is 108 Å². The lowest BCUT2D eigenvalue weighted by molar-refractivity contribution is -0.172. The number of unbranched alkanes of at least 4 members (excludes halogenated alkanes) is 4. The first-order valence-electron chi connectivity index (χ1n) is 37.6. The van der Waals surface area contributed by atoms with Crippen LogP contribution in [0.1, 0.15) is 217 Å². The van der Waals surface area contributed by atoms with Crippen LogP contribution in [0.25, 0.3) is 44.6 Å². The number of nitrogens with zero attached hydrogens (tertiary/aromatic N) is 4. The van der Waals surface area contributed by atoms with E-state index in [4.69, 9.17) is 25.3 Å². The van der Waals surface area contributed by atoms with Gasteiger partial charge in [-0.25, -0.2) is 28.3 Å². The molecule has 0 bridgehead atoms. The second-order valence-electron chi connectivity index (χ2n) is 29.4. The number of nitrogens with one attached hydrogen (secondary N) is 5. The van der Waals surface area contributed by atoms with Gasteiger partial charge in [0.15, 0.2) is 22.8 Å². The van der Waals surface area contributed by atoms with Crippen LogP contribution >= 0.6 is 23.5 Å². The highest BCUT2D eigenvalue weighted by molar-refractivity contribution is 7.99. The van der Waals surface area contributed by atoms with Gasteiger partial charge >= 0.3 is 17.9 Å². The van der Waals surface area contributed by atoms with Gasteiger partial charge in [-0.3, -0.25) is 47.9 Å². The molecule has 0 fully saturated rings. The minimum atomic E-state index is -1.98. The third-order valence-corrected chi connectivity index (χ3v) is 22.4. The zero-order valence-electron chi connectivity index (χ0n) is 65.0. The Labute approximate surface area is 665 Å². The molecular weight excluding hydrogens is 1500 g/mol. The van der Waals surface area contributed by atoms with E-state index in [0.717, 1.165) is 53.7 Å². The number of fused-ring (bicyclic) bond motifs is 10. The molecule has 0 saturated carbocycles. The molecule has 4 aliphatic heterocycles. The topological polar surface area (TPSA) is 406 Å². The van der Waals surface area contributed by atoms with Gasteiger partial charge < -0.3 is 66.2 Å². The van der Waals surface area contributed by atoms with Crippen LogP contribution in [0, 0.1) is 49.2 Å².